The lowest BCUT2D eigenvalue weighted by molar-refractivity contribution is -0.0334. The smallest absolute Gasteiger partial charge is 0.357 e. The summed E-state index contributed by atoms with van der Waals surface area (Å²) in [6, 6.07) is 7.51. The van der Waals surface area contributed by atoms with E-state index in [1.807, 2.05) is 0 Å². The first-order valence-electron chi connectivity index (χ1n) is 8.76. The highest BCUT2D eigenvalue weighted by Crippen LogP contribution is 2.26. The zero-order valence-electron chi connectivity index (χ0n) is 16.4. The molecule has 2 heterocycles. The van der Waals surface area contributed by atoms with Gasteiger partial charge in [0.1, 0.15) is 5.75 Å². The molecule has 2 aromatic rings. The molecule has 1 aliphatic rings. The maximum atomic E-state index is 11.8. The highest BCUT2D eigenvalue weighted by molar-refractivity contribution is 9.10. The summed E-state index contributed by atoms with van der Waals surface area (Å²) in [6.07, 6.45) is 0.671. The third-order valence-electron chi connectivity index (χ3n) is 3.71. The Bertz CT molecular complexity index is 887. The molecular weight excluding hydrogens is 462 g/mol. The topological polar surface area (TPSA) is 110 Å². The molecule has 9 nitrogen and oxygen atoms in total. The molecule has 10 heteroatoms. The average molecular weight is 482 g/mol. The molecule has 0 N–H and O–H groups in total. The Balaban J connectivity index is 0.000000456. The predicted molar refractivity (Wildman–Crippen MR) is 108 cm³/mol. The Labute approximate surface area is 181 Å². The van der Waals surface area contributed by atoms with Crippen molar-refractivity contribution >= 4 is 34.2 Å². The Morgan fingerprint density at radius 3 is 2.17 bits per heavy atom. The molecule has 0 bridgehead atoms. The van der Waals surface area contributed by atoms with Crippen LogP contribution >= 0.6 is 15.9 Å². The molecular formula is C20H20BrNO8. The van der Waals surface area contributed by atoms with E-state index >= 15 is 0 Å². The molecule has 1 aromatic carbocycles. The van der Waals surface area contributed by atoms with E-state index in [1.54, 1.807) is 12.1 Å². The number of hydrogen-bond donors (Lipinski definition) is 0. The quantitative estimate of drug-likeness (QED) is 0.469. The number of halogens is 1. The second-order valence-corrected chi connectivity index (χ2v) is 6.51. The van der Waals surface area contributed by atoms with Crippen molar-refractivity contribution in [1.29, 1.82) is 0 Å². The largest absolute Gasteiger partial charge is 0.465 e. The van der Waals surface area contributed by atoms with Crippen LogP contribution in [-0.2, 0) is 18.9 Å². The van der Waals surface area contributed by atoms with Gasteiger partial charge in [0.05, 0.1) is 46.2 Å². The molecule has 3 rings (SSSR count). The van der Waals surface area contributed by atoms with Gasteiger partial charge >= 0.3 is 11.9 Å². The van der Waals surface area contributed by atoms with Gasteiger partial charge in [-0.1, -0.05) is 15.9 Å². The summed E-state index contributed by atoms with van der Waals surface area (Å²) < 4.78 is 25.3. The second-order valence-electron chi connectivity index (χ2n) is 5.66. The lowest BCUT2D eigenvalue weighted by Gasteiger charge is -2.09. The molecule has 0 spiro atoms. The number of aromatic nitrogens is 1. The fourth-order valence-electron chi connectivity index (χ4n) is 2.26. The number of hydrogen-bond acceptors (Lipinski definition) is 9. The zero-order chi connectivity index (χ0) is 21.9. The van der Waals surface area contributed by atoms with Crippen LogP contribution in [0.4, 0.5) is 0 Å². The number of ether oxygens (including phenoxy) is 5. The van der Waals surface area contributed by atoms with Gasteiger partial charge in [-0.2, -0.15) is 0 Å². The molecule has 0 atom stereocenters. The standard InChI is InChI=1S/C16H12BrNO6.C4H8O2/c1-22-15(20)11-4-6-13(18-14(11)16(21)23-2)24-10-3-5-12(17)9(7-10)8-19;1-2-6-4-3-5-1/h3-8H,1-2H3;1-4H2. The number of carbonyl (C=O) groups is 3. The minimum atomic E-state index is -0.801. The van der Waals surface area contributed by atoms with Gasteiger partial charge in [0.25, 0.3) is 0 Å². The molecule has 1 saturated heterocycles. The van der Waals surface area contributed by atoms with Crippen LogP contribution in [0.15, 0.2) is 34.8 Å². The SMILES string of the molecule is C1COCCO1.COC(=O)c1ccc(Oc2ccc(Br)c(C=O)c2)nc1C(=O)OC. The van der Waals surface area contributed by atoms with Crippen LogP contribution in [0.5, 0.6) is 11.6 Å². The van der Waals surface area contributed by atoms with Crippen molar-refractivity contribution in [2.24, 2.45) is 0 Å². The fraction of sp³-hybridized carbons (Fsp3) is 0.300. The van der Waals surface area contributed by atoms with E-state index in [9.17, 15) is 14.4 Å². The van der Waals surface area contributed by atoms with Crippen LogP contribution in [0.1, 0.15) is 31.2 Å². The summed E-state index contributed by atoms with van der Waals surface area (Å²) in [5.41, 5.74) is 0.127. The third kappa shape index (κ3) is 6.61. The van der Waals surface area contributed by atoms with E-state index in [-0.39, 0.29) is 17.1 Å². The van der Waals surface area contributed by atoms with Gasteiger partial charge < -0.3 is 23.7 Å². The van der Waals surface area contributed by atoms with Gasteiger partial charge in [0.2, 0.25) is 5.88 Å². The maximum absolute atomic E-state index is 11.8. The molecule has 1 fully saturated rings. The number of esters is 2. The van der Waals surface area contributed by atoms with Crippen LogP contribution < -0.4 is 4.74 Å². The summed E-state index contributed by atoms with van der Waals surface area (Å²) in [7, 11) is 2.36. The van der Waals surface area contributed by atoms with Crippen molar-refractivity contribution in [3.8, 4) is 11.6 Å². The van der Waals surface area contributed by atoms with Crippen molar-refractivity contribution in [2.75, 3.05) is 40.6 Å². The van der Waals surface area contributed by atoms with E-state index in [0.717, 1.165) is 26.4 Å². The van der Waals surface area contributed by atoms with Gasteiger partial charge in [0, 0.05) is 16.1 Å². The molecule has 1 aliphatic heterocycles. The first-order valence-corrected chi connectivity index (χ1v) is 9.55. The number of nitrogens with zero attached hydrogens (tertiary/aromatic N) is 1. The third-order valence-corrected chi connectivity index (χ3v) is 4.44. The van der Waals surface area contributed by atoms with Gasteiger partial charge in [-0.05, 0) is 24.3 Å². The Hall–Kier alpha value is -2.82. The van der Waals surface area contributed by atoms with Crippen molar-refractivity contribution in [1.82, 2.24) is 4.98 Å². The van der Waals surface area contributed by atoms with Crippen LogP contribution in [-0.4, -0.2) is 63.9 Å². The highest BCUT2D eigenvalue weighted by Gasteiger charge is 2.21. The van der Waals surface area contributed by atoms with Gasteiger partial charge in [-0.25, -0.2) is 14.6 Å². The van der Waals surface area contributed by atoms with Crippen LogP contribution in [0.25, 0.3) is 0 Å². The molecule has 0 unspecified atom stereocenters. The Morgan fingerprint density at radius 1 is 1.00 bits per heavy atom. The highest BCUT2D eigenvalue weighted by atomic mass is 79.9. The monoisotopic (exact) mass is 481 g/mol. The summed E-state index contributed by atoms with van der Waals surface area (Å²) in [4.78, 5) is 38.4. The van der Waals surface area contributed by atoms with Crippen molar-refractivity contribution in [3.05, 3.63) is 51.6 Å². The second kappa shape index (κ2) is 12.0. The summed E-state index contributed by atoms with van der Waals surface area (Å²) >= 11 is 3.23. The lowest BCUT2D eigenvalue weighted by atomic mass is 10.2. The van der Waals surface area contributed by atoms with Crippen molar-refractivity contribution in [3.63, 3.8) is 0 Å². The van der Waals surface area contributed by atoms with E-state index in [1.165, 1.54) is 32.4 Å². The summed E-state index contributed by atoms with van der Waals surface area (Å²) in [5.74, 6) is -1.12. The van der Waals surface area contributed by atoms with Gasteiger partial charge in [-0.15, -0.1) is 0 Å². The minimum absolute atomic E-state index is 0.0407. The molecule has 30 heavy (non-hydrogen) atoms. The Morgan fingerprint density at radius 2 is 1.63 bits per heavy atom. The predicted octanol–water partition coefficient (Wildman–Crippen LogP) is 3.06. The lowest BCUT2D eigenvalue weighted by Crippen LogP contribution is -2.16. The summed E-state index contributed by atoms with van der Waals surface area (Å²) in [6.45, 7) is 3.11. The minimum Gasteiger partial charge on any atom is -0.465 e. The van der Waals surface area contributed by atoms with Crippen molar-refractivity contribution in [2.45, 2.75) is 0 Å². The molecule has 0 aliphatic carbocycles. The molecule has 160 valence electrons. The number of rotatable bonds is 5. The van der Waals surface area contributed by atoms with E-state index in [4.69, 9.17) is 14.2 Å². The van der Waals surface area contributed by atoms with Crippen LogP contribution in [0.2, 0.25) is 0 Å². The number of pyridine rings is 1. The van der Waals surface area contributed by atoms with E-state index < -0.39 is 11.9 Å². The van der Waals surface area contributed by atoms with Gasteiger partial charge in [0.15, 0.2) is 12.0 Å². The summed E-state index contributed by atoms with van der Waals surface area (Å²) in [5, 5.41) is 0. The molecule has 0 amide bonds. The van der Waals surface area contributed by atoms with Crippen LogP contribution in [0.3, 0.4) is 0 Å². The number of aldehydes is 1. The number of benzene rings is 1. The zero-order valence-corrected chi connectivity index (χ0v) is 18.0. The first-order chi connectivity index (χ1) is 14.5. The fourth-order valence-corrected chi connectivity index (χ4v) is 2.60. The number of carbonyl (C=O) groups excluding carboxylic acids is 3. The molecule has 0 saturated carbocycles. The average Bonchev–Trinajstić information content (AvgIpc) is 2.80. The van der Waals surface area contributed by atoms with Crippen LogP contribution in [0, 0.1) is 0 Å². The maximum Gasteiger partial charge on any atom is 0.357 e. The molecule has 1 aromatic heterocycles. The first kappa shape index (κ1) is 23.5. The van der Waals surface area contributed by atoms with E-state index in [0.29, 0.717) is 22.1 Å². The number of methoxy groups -OCH3 is 2. The van der Waals surface area contributed by atoms with E-state index in [2.05, 4.69) is 30.4 Å². The van der Waals surface area contributed by atoms with Gasteiger partial charge in [-0.3, -0.25) is 4.79 Å². The Kier molecular flexibility index (Phi) is 9.39. The van der Waals surface area contributed by atoms with Crippen molar-refractivity contribution < 1.29 is 38.1 Å². The molecule has 0 radical (unpaired) electrons. The normalized spacial score (nSPS) is 12.8.